The van der Waals surface area contributed by atoms with Gasteiger partial charge in [-0.25, -0.2) is 0 Å². The third-order valence-corrected chi connectivity index (χ3v) is 5.37. The number of fused-ring (bicyclic) bond motifs is 1. The van der Waals surface area contributed by atoms with Gasteiger partial charge < -0.3 is 5.32 Å². The van der Waals surface area contributed by atoms with Gasteiger partial charge in [-0.1, -0.05) is 12.1 Å². The van der Waals surface area contributed by atoms with Crippen molar-refractivity contribution in [2.24, 2.45) is 0 Å². The molecule has 134 valence electrons. The lowest BCUT2D eigenvalue weighted by Crippen LogP contribution is -2.08. The van der Waals surface area contributed by atoms with Gasteiger partial charge in [0.2, 0.25) is 5.91 Å². The van der Waals surface area contributed by atoms with Crippen LogP contribution in [0.1, 0.15) is 40.0 Å². The number of nitrogens with one attached hydrogen (secondary N) is 1. The molecule has 3 nitrogen and oxygen atoms in total. The van der Waals surface area contributed by atoms with Crippen molar-refractivity contribution in [1.82, 2.24) is 0 Å². The Kier molecular flexibility index (Phi) is 5.14. The van der Waals surface area contributed by atoms with Crippen molar-refractivity contribution in [3.8, 4) is 6.07 Å². The minimum absolute atomic E-state index is 0.279. The average Bonchev–Trinajstić information content (AvgIpc) is 2.96. The molecule has 0 bridgehead atoms. The lowest BCUT2D eigenvalue weighted by atomic mass is 9.96. The highest BCUT2D eigenvalue weighted by atomic mass is 32.1. The first-order valence-corrected chi connectivity index (χ1v) is 8.91. The van der Waals surface area contributed by atoms with Crippen molar-refractivity contribution in [2.75, 3.05) is 5.32 Å². The number of carbonyl (C=O) groups excluding carboxylic acids is 1. The second-order valence-electron chi connectivity index (χ2n) is 5.97. The fraction of sp³-hybridized carbons (Fsp3) is 0.263. The van der Waals surface area contributed by atoms with Crippen LogP contribution >= 0.6 is 11.3 Å². The number of hydrogen-bond donors (Lipinski definition) is 1. The molecule has 0 unspecified atom stereocenters. The Labute approximate surface area is 152 Å². The first kappa shape index (κ1) is 18.2. The summed E-state index contributed by atoms with van der Waals surface area (Å²) in [6, 6.07) is 6.90. The molecule has 0 aliphatic heterocycles. The summed E-state index contributed by atoms with van der Waals surface area (Å²) >= 11 is 1.41. The molecular formula is C19H15F3N2OS. The first-order valence-electron chi connectivity index (χ1n) is 8.09. The van der Waals surface area contributed by atoms with E-state index in [1.807, 2.05) is 0 Å². The van der Waals surface area contributed by atoms with E-state index in [4.69, 9.17) is 0 Å². The molecule has 1 aromatic heterocycles. The molecule has 0 saturated heterocycles. The molecule has 1 aliphatic rings. The maximum atomic E-state index is 12.7. The monoisotopic (exact) mass is 376 g/mol. The number of rotatable bonds is 3. The quantitative estimate of drug-likeness (QED) is 0.752. The van der Waals surface area contributed by atoms with Crippen molar-refractivity contribution in [2.45, 2.75) is 31.9 Å². The van der Waals surface area contributed by atoms with Gasteiger partial charge in [-0.2, -0.15) is 18.4 Å². The fourth-order valence-electron chi connectivity index (χ4n) is 2.92. The van der Waals surface area contributed by atoms with Crippen LogP contribution in [0.2, 0.25) is 0 Å². The Bertz CT molecular complexity index is 906. The summed E-state index contributed by atoms with van der Waals surface area (Å²) in [4.78, 5) is 13.3. The predicted molar refractivity (Wildman–Crippen MR) is 94.8 cm³/mol. The molecular weight excluding hydrogens is 361 g/mol. The van der Waals surface area contributed by atoms with Gasteiger partial charge in [-0.3, -0.25) is 4.79 Å². The van der Waals surface area contributed by atoms with Crippen molar-refractivity contribution < 1.29 is 18.0 Å². The Morgan fingerprint density at radius 3 is 2.77 bits per heavy atom. The maximum Gasteiger partial charge on any atom is 0.416 e. The highest BCUT2D eigenvalue weighted by Crippen LogP contribution is 2.37. The average molecular weight is 376 g/mol. The number of hydrogen-bond acceptors (Lipinski definition) is 3. The van der Waals surface area contributed by atoms with Gasteiger partial charge in [0, 0.05) is 11.0 Å². The molecule has 26 heavy (non-hydrogen) atoms. The van der Waals surface area contributed by atoms with Crippen molar-refractivity contribution in [3.63, 3.8) is 0 Å². The topological polar surface area (TPSA) is 52.9 Å². The second kappa shape index (κ2) is 7.34. The number of nitrogens with zero attached hydrogens (tertiary/aromatic N) is 1. The number of alkyl halides is 3. The van der Waals surface area contributed by atoms with Crippen LogP contribution in [0.4, 0.5) is 18.2 Å². The van der Waals surface area contributed by atoms with Crippen LogP contribution in [0, 0.1) is 11.3 Å². The summed E-state index contributed by atoms with van der Waals surface area (Å²) in [6.45, 7) is 0. The Morgan fingerprint density at radius 2 is 2.04 bits per heavy atom. The van der Waals surface area contributed by atoms with Crippen LogP contribution in [0.3, 0.4) is 0 Å². The van der Waals surface area contributed by atoms with E-state index in [-0.39, 0.29) is 5.56 Å². The fourth-order valence-corrected chi connectivity index (χ4v) is 4.16. The molecule has 0 spiro atoms. The Hall–Kier alpha value is -2.59. The number of thiophene rings is 1. The Morgan fingerprint density at radius 1 is 1.27 bits per heavy atom. The molecule has 7 heteroatoms. The minimum atomic E-state index is -4.43. The van der Waals surface area contributed by atoms with Gasteiger partial charge in [0.05, 0.1) is 11.1 Å². The van der Waals surface area contributed by atoms with Crippen LogP contribution in [0.5, 0.6) is 0 Å². The third-order valence-electron chi connectivity index (χ3n) is 4.16. The number of amides is 1. The minimum Gasteiger partial charge on any atom is -0.313 e. The van der Waals surface area contributed by atoms with E-state index in [0.29, 0.717) is 10.6 Å². The molecule has 1 aliphatic carbocycles. The summed E-state index contributed by atoms with van der Waals surface area (Å²) in [7, 11) is 0. The molecule has 0 atom stereocenters. The van der Waals surface area contributed by atoms with Crippen LogP contribution in [-0.4, -0.2) is 5.91 Å². The zero-order chi connectivity index (χ0) is 18.7. The van der Waals surface area contributed by atoms with Crippen LogP contribution in [0.25, 0.3) is 6.08 Å². The normalized spacial score (nSPS) is 14.1. The standard InChI is InChI=1S/C19H15F3N2OS/c20-19(21,22)13-5-3-4-12(10-13)8-9-17(25)24-18-15(11-23)14-6-1-2-7-16(14)26-18/h3-5,8-10H,1-2,6-7H2,(H,24,25)/b9-8+. The molecule has 0 saturated carbocycles. The van der Waals surface area contributed by atoms with Gasteiger partial charge in [-0.15, -0.1) is 11.3 Å². The largest absolute Gasteiger partial charge is 0.416 e. The van der Waals surface area contributed by atoms with Crippen LogP contribution < -0.4 is 5.32 Å². The first-order chi connectivity index (χ1) is 12.4. The maximum absolute atomic E-state index is 12.7. The second-order valence-corrected chi connectivity index (χ2v) is 7.08. The SMILES string of the molecule is N#Cc1c(NC(=O)/C=C/c2cccc(C(F)(F)F)c2)sc2c1CCCC2. The smallest absolute Gasteiger partial charge is 0.313 e. The van der Waals surface area contributed by atoms with E-state index < -0.39 is 17.6 Å². The highest BCUT2D eigenvalue weighted by molar-refractivity contribution is 7.16. The molecule has 1 amide bonds. The Balaban J connectivity index is 1.75. The van der Waals surface area contributed by atoms with Crippen molar-refractivity contribution in [1.29, 1.82) is 5.26 Å². The van der Waals surface area contributed by atoms with E-state index >= 15 is 0 Å². The number of anilines is 1. The summed E-state index contributed by atoms with van der Waals surface area (Å²) < 4.78 is 38.2. The van der Waals surface area contributed by atoms with E-state index in [1.165, 1.54) is 35.6 Å². The zero-order valence-electron chi connectivity index (χ0n) is 13.7. The lowest BCUT2D eigenvalue weighted by Gasteiger charge is -2.09. The molecule has 1 aromatic carbocycles. The number of nitriles is 1. The summed E-state index contributed by atoms with van der Waals surface area (Å²) in [5, 5.41) is 12.6. The van der Waals surface area contributed by atoms with Crippen molar-refractivity contribution >= 4 is 28.3 Å². The lowest BCUT2D eigenvalue weighted by molar-refractivity contribution is -0.137. The molecule has 2 aromatic rings. The molecule has 1 heterocycles. The van der Waals surface area contributed by atoms with Gasteiger partial charge in [0.1, 0.15) is 11.1 Å². The predicted octanol–water partition coefficient (Wildman–Crippen LogP) is 5.17. The molecule has 0 radical (unpaired) electrons. The van der Waals surface area contributed by atoms with Gasteiger partial charge in [-0.05, 0) is 55.0 Å². The summed E-state index contributed by atoms with van der Waals surface area (Å²) in [5.74, 6) is -0.475. The van der Waals surface area contributed by atoms with E-state index in [0.717, 1.165) is 48.3 Å². The molecule has 3 rings (SSSR count). The van der Waals surface area contributed by atoms with Gasteiger partial charge >= 0.3 is 6.18 Å². The summed E-state index contributed by atoms with van der Waals surface area (Å²) in [6.07, 6.45) is 1.92. The van der Waals surface area contributed by atoms with E-state index in [1.54, 1.807) is 0 Å². The highest BCUT2D eigenvalue weighted by Gasteiger charge is 2.30. The van der Waals surface area contributed by atoms with Crippen LogP contribution in [0.15, 0.2) is 30.3 Å². The number of aryl methyl sites for hydroxylation is 1. The zero-order valence-corrected chi connectivity index (χ0v) is 14.5. The van der Waals surface area contributed by atoms with Crippen LogP contribution in [-0.2, 0) is 23.8 Å². The number of carbonyl (C=O) groups is 1. The van der Waals surface area contributed by atoms with Gasteiger partial charge in [0.25, 0.3) is 0 Å². The molecule has 1 N–H and O–H groups in total. The number of benzene rings is 1. The summed E-state index contributed by atoms with van der Waals surface area (Å²) in [5.41, 5.74) is 1.03. The third kappa shape index (κ3) is 3.97. The van der Waals surface area contributed by atoms with Crippen molar-refractivity contribution in [3.05, 3.63) is 57.5 Å². The van der Waals surface area contributed by atoms with E-state index in [2.05, 4.69) is 11.4 Å². The van der Waals surface area contributed by atoms with Gasteiger partial charge in [0.15, 0.2) is 0 Å². The number of halogens is 3. The van der Waals surface area contributed by atoms with E-state index in [9.17, 15) is 23.2 Å². The molecule has 0 fully saturated rings.